The number of para-hydroxylation sites is 1. The van der Waals surface area contributed by atoms with Crippen molar-refractivity contribution >= 4 is 23.6 Å². The van der Waals surface area contributed by atoms with Gasteiger partial charge in [0.1, 0.15) is 18.2 Å². The van der Waals surface area contributed by atoms with E-state index in [2.05, 4.69) is 10.6 Å². The molecule has 7 nitrogen and oxygen atoms in total. The number of benzene rings is 2. The number of anilines is 1. The zero-order chi connectivity index (χ0) is 26.6. The Kier molecular flexibility index (Phi) is 8.43. The number of rotatable bonds is 7. The van der Waals surface area contributed by atoms with Gasteiger partial charge in [0.25, 0.3) is 5.91 Å². The third kappa shape index (κ3) is 6.86. The molecule has 0 radical (unpaired) electrons. The van der Waals surface area contributed by atoms with Gasteiger partial charge in [-0.05, 0) is 84.4 Å². The monoisotopic (exact) mass is 493 g/mol. The molecule has 0 spiro atoms. The summed E-state index contributed by atoms with van der Waals surface area (Å²) < 4.78 is 5.30. The third-order valence-corrected chi connectivity index (χ3v) is 6.35. The molecular weight excluding hydrogens is 454 g/mol. The van der Waals surface area contributed by atoms with Gasteiger partial charge in [0.05, 0.1) is 0 Å². The van der Waals surface area contributed by atoms with Gasteiger partial charge in [-0.1, -0.05) is 47.5 Å². The molecule has 0 aliphatic heterocycles. The van der Waals surface area contributed by atoms with Gasteiger partial charge < -0.3 is 20.3 Å². The first-order chi connectivity index (χ1) is 16.9. The van der Waals surface area contributed by atoms with Crippen LogP contribution in [0.2, 0.25) is 0 Å². The Balaban J connectivity index is 1.97. The minimum absolute atomic E-state index is 0.0764. The number of carbonyl (C=O) groups is 3. The molecule has 1 saturated carbocycles. The van der Waals surface area contributed by atoms with Crippen LogP contribution in [0.25, 0.3) is 0 Å². The number of hydrogen-bond donors (Lipinski definition) is 2. The van der Waals surface area contributed by atoms with Gasteiger partial charge in [0.15, 0.2) is 0 Å². The molecule has 194 valence electrons. The van der Waals surface area contributed by atoms with Crippen molar-refractivity contribution in [2.24, 2.45) is 0 Å². The molecule has 2 aromatic rings. The number of aryl methyl sites for hydroxylation is 4. The summed E-state index contributed by atoms with van der Waals surface area (Å²) in [6.45, 7) is 12.9. The number of alkyl carbamates (subject to hydrolysis) is 1. The van der Waals surface area contributed by atoms with Crippen LogP contribution < -0.4 is 10.6 Å². The molecule has 2 N–H and O–H groups in total. The predicted molar refractivity (Wildman–Crippen MR) is 142 cm³/mol. The van der Waals surface area contributed by atoms with Crippen LogP contribution in [0.4, 0.5) is 10.5 Å². The van der Waals surface area contributed by atoms with E-state index in [1.807, 2.05) is 64.1 Å². The van der Waals surface area contributed by atoms with Crippen LogP contribution in [-0.4, -0.2) is 41.0 Å². The molecule has 1 aliphatic rings. The van der Waals surface area contributed by atoms with E-state index in [0.29, 0.717) is 0 Å². The highest BCUT2D eigenvalue weighted by Crippen LogP contribution is 2.35. The van der Waals surface area contributed by atoms with E-state index < -0.39 is 17.7 Å². The van der Waals surface area contributed by atoms with Crippen LogP contribution in [-0.2, 0) is 14.3 Å². The minimum Gasteiger partial charge on any atom is -0.444 e. The van der Waals surface area contributed by atoms with E-state index in [1.54, 1.807) is 25.7 Å². The lowest BCUT2D eigenvalue weighted by Crippen LogP contribution is -2.53. The predicted octanol–water partition coefficient (Wildman–Crippen LogP) is 5.51. The zero-order valence-corrected chi connectivity index (χ0v) is 22.5. The van der Waals surface area contributed by atoms with E-state index in [9.17, 15) is 14.4 Å². The summed E-state index contributed by atoms with van der Waals surface area (Å²) in [5.41, 5.74) is 4.78. The van der Waals surface area contributed by atoms with Gasteiger partial charge in [-0.25, -0.2) is 4.79 Å². The van der Waals surface area contributed by atoms with E-state index in [1.165, 1.54) is 0 Å². The fraction of sp³-hybridized carbons (Fsp3) is 0.483. The van der Waals surface area contributed by atoms with Crippen LogP contribution in [0, 0.1) is 27.7 Å². The quantitative estimate of drug-likeness (QED) is 0.533. The second-order valence-electron chi connectivity index (χ2n) is 10.8. The van der Waals surface area contributed by atoms with Crippen molar-refractivity contribution in [3.63, 3.8) is 0 Å². The molecule has 3 amide bonds. The minimum atomic E-state index is -0.833. The normalized spacial score (nSPS) is 14.4. The Bertz CT molecular complexity index is 1090. The molecule has 2 aromatic carbocycles. The van der Waals surface area contributed by atoms with Gasteiger partial charge in [-0.2, -0.15) is 0 Å². The maximum absolute atomic E-state index is 13.9. The SMILES string of the molecule is Cc1cc(C)cc(C(C(=O)Nc2c(C)cccc2C)N(C(=O)CNC(=O)OC(C)(C)C)C2CCC2)c1. The summed E-state index contributed by atoms with van der Waals surface area (Å²) in [5, 5.41) is 5.68. The highest BCUT2D eigenvalue weighted by atomic mass is 16.6. The number of amides is 3. The number of carbonyl (C=O) groups excluding carboxylic acids is 3. The molecule has 0 heterocycles. The van der Waals surface area contributed by atoms with Gasteiger partial charge >= 0.3 is 6.09 Å². The van der Waals surface area contributed by atoms with Crippen LogP contribution in [0.15, 0.2) is 36.4 Å². The van der Waals surface area contributed by atoms with Crippen molar-refractivity contribution in [2.75, 3.05) is 11.9 Å². The second-order valence-corrected chi connectivity index (χ2v) is 10.8. The molecule has 1 aliphatic carbocycles. The lowest BCUT2D eigenvalue weighted by molar-refractivity contribution is -0.143. The number of nitrogens with zero attached hydrogens (tertiary/aromatic N) is 1. The number of nitrogens with one attached hydrogen (secondary N) is 2. The summed E-state index contributed by atoms with van der Waals surface area (Å²) in [4.78, 5) is 41.4. The van der Waals surface area contributed by atoms with Gasteiger partial charge in [0, 0.05) is 11.7 Å². The van der Waals surface area contributed by atoms with Gasteiger partial charge in [0.2, 0.25) is 5.91 Å². The number of ether oxygens (including phenoxy) is 1. The summed E-state index contributed by atoms with van der Waals surface area (Å²) in [6.07, 6.45) is 1.96. The first-order valence-electron chi connectivity index (χ1n) is 12.6. The van der Waals surface area contributed by atoms with Crippen LogP contribution in [0.3, 0.4) is 0 Å². The average Bonchev–Trinajstić information content (AvgIpc) is 2.71. The first kappa shape index (κ1) is 27.2. The lowest BCUT2D eigenvalue weighted by Gasteiger charge is -2.42. The second kappa shape index (κ2) is 11.1. The summed E-state index contributed by atoms with van der Waals surface area (Å²) >= 11 is 0. The molecule has 1 fully saturated rings. The van der Waals surface area contributed by atoms with Gasteiger partial charge in [-0.3, -0.25) is 9.59 Å². The van der Waals surface area contributed by atoms with Crippen molar-refractivity contribution in [3.8, 4) is 0 Å². The molecule has 0 bridgehead atoms. The molecule has 1 atom stereocenters. The van der Waals surface area contributed by atoms with Crippen LogP contribution in [0.1, 0.15) is 73.9 Å². The third-order valence-electron chi connectivity index (χ3n) is 6.35. The maximum atomic E-state index is 13.9. The molecule has 1 unspecified atom stereocenters. The average molecular weight is 494 g/mol. The van der Waals surface area contributed by atoms with E-state index >= 15 is 0 Å². The van der Waals surface area contributed by atoms with Crippen molar-refractivity contribution in [3.05, 3.63) is 64.2 Å². The van der Waals surface area contributed by atoms with E-state index in [-0.39, 0.29) is 24.4 Å². The number of hydrogen-bond acceptors (Lipinski definition) is 4. The van der Waals surface area contributed by atoms with Crippen molar-refractivity contribution in [2.45, 2.75) is 85.4 Å². The topological polar surface area (TPSA) is 87.7 Å². The van der Waals surface area contributed by atoms with Crippen molar-refractivity contribution in [1.82, 2.24) is 10.2 Å². The lowest BCUT2D eigenvalue weighted by atomic mass is 9.88. The van der Waals surface area contributed by atoms with Crippen molar-refractivity contribution < 1.29 is 19.1 Å². The van der Waals surface area contributed by atoms with Crippen molar-refractivity contribution in [1.29, 1.82) is 0 Å². The standard InChI is InChI=1S/C29H39N3O4/c1-18-14-19(2)16-22(15-18)26(27(34)31-25-20(3)10-8-11-21(25)4)32(23-12-9-13-23)24(33)17-30-28(35)36-29(5,6)7/h8,10-11,14-16,23,26H,9,12-13,17H2,1-7H3,(H,30,35)(H,31,34). The molecule has 7 heteroatoms. The highest BCUT2D eigenvalue weighted by molar-refractivity contribution is 5.99. The molecule has 3 rings (SSSR count). The molecule has 36 heavy (non-hydrogen) atoms. The molecule has 0 aromatic heterocycles. The Morgan fingerprint density at radius 2 is 1.58 bits per heavy atom. The highest BCUT2D eigenvalue weighted by Gasteiger charge is 2.39. The van der Waals surface area contributed by atoms with Crippen LogP contribution >= 0.6 is 0 Å². The van der Waals surface area contributed by atoms with E-state index in [4.69, 9.17) is 4.74 Å². The summed E-state index contributed by atoms with van der Waals surface area (Å²) in [6, 6.07) is 10.9. The molecular formula is C29H39N3O4. The Morgan fingerprint density at radius 1 is 1.00 bits per heavy atom. The van der Waals surface area contributed by atoms with Crippen LogP contribution in [0.5, 0.6) is 0 Å². The van der Waals surface area contributed by atoms with Gasteiger partial charge in [-0.15, -0.1) is 0 Å². The maximum Gasteiger partial charge on any atom is 0.408 e. The fourth-order valence-corrected chi connectivity index (χ4v) is 4.59. The Hall–Kier alpha value is -3.35. The Labute approximate surface area is 214 Å². The smallest absolute Gasteiger partial charge is 0.408 e. The largest absolute Gasteiger partial charge is 0.444 e. The first-order valence-corrected chi connectivity index (χ1v) is 12.6. The summed E-state index contributed by atoms with van der Waals surface area (Å²) in [5.74, 6) is -0.582. The zero-order valence-electron chi connectivity index (χ0n) is 22.5. The Morgan fingerprint density at radius 3 is 2.08 bits per heavy atom. The fourth-order valence-electron chi connectivity index (χ4n) is 4.59. The summed E-state index contributed by atoms with van der Waals surface area (Å²) in [7, 11) is 0. The van der Waals surface area contributed by atoms with E-state index in [0.717, 1.165) is 52.8 Å². The molecule has 0 saturated heterocycles.